The minimum absolute atomic E-state index is 0.207. The fourth-order valence-corrected chi connectivity index (χ4v) is 2.33. The van der Waals surface area contributed by atoms with Crippen LogP contribution in [-0.4, -0.2) is 18.9 Å². The Morgan fingerprint density at radius 1 is 1.17 bits per heavy atom. The fraction of sp³-hybridized carbons (Fsp3) is 0.182. The Hall–Kier alpha value is -1.86. The fourth-order valence-electron chi connectivity index (χ4n) is 1.76. The second-order valence-electron chi connectivity index (χ2n) is 3.92. The second kappa shape index (κ2) is 4.11. The maximum absolute atomic E-state index is 11.5. The molecule has 0 atom stereocenters. The maximum atomic E-state index is 11.5. The van der Waals surface area contributed by atoms with Crippen LogP contribution in [0.4, 0.5) is 0 Å². The second-order valence-corrected chi connectivity index (χ2v) is 5.34. The van der Waals surface area contributed by atoms with Crippen LogP contribution in [0.2, 0.25) is 0 Å². The Kier molecular flexibility index (Phi) is 2.88. The molecule has 94 valence electrons. The van der Waals surface area contributed by atoms with E-state index < -0.39 is 16.0 Å². The van der Waals surface area contributed by atoms with Gasteiger partial charge >= 0.3 is 0 Å². The third-order valence-corrected chi connectivity index (χ3v) is 3.48. The summed E-state index contributed by atoms with van der Waals surface area (Å²) < 4.78 is 30.9. The molecule has 0 saturated heterocycles. The SMILES string of the molecule is CC1=C(c2ccc(S(=O)(=O)O)cc2C)C(=O)N=N1. The molecular weight excluding hydrogens is 256 g/mol. The van der Waals surface area contributed by atoms with Crippen LogP contribution in [0.25, 0.3) is 5.57 Å². The Balaban J connectivity index is 2.57. The van der Waals surface area contributed by atoms with Crippen LogP contribution in [0.5, 0.6) is 0 Å². The summed E-state index contributed by atoms with van der Waals surface area (Å²) in [7, 11) is -4.24. The van der Waals surface area contributed by atoms with E-state index in [-0.39, 0.29) is 4.90 Å². The molecule has 0 aliphatic carbocycles. The van der Waals surface area contributed by atoms with Gasteiger partial charge in [-0.1, -0.05) is 6.07 Å². The molecule has 0 aromatic heterocycles. The van der Waals surface area contributed by atoms with E-state index in [0.717, 1.165) is 0 Å². The molecule has 7 heteroatoms. The molecule has 6 nitrogen and oxygen atoms in total. The number of azo groups is 1. The molecule has 0 unspecified atom stereocenters. The molecule has 1 aliphatic heterocycles. The average Bonchev–Trinajstić information content (AvgIpc) is 2.58. The van der Waals surface area contributed by atoms with Gasteiger partial charge in [-0.05, 0) is 37.1 Å². The van der Waals surface area contributed by atoms with Crippen LogP contribution in [0, 0.1) is 6.92 Å². The zero-order valence-electron chi connectivity index (χ0n) is 9.71. The normalized spacial score (nSPS) is 15.6. The lowest BCUT2D eigenvalue weighted by molar-refractivity contribution is -0.112. The van der Waals surface area contributed by atoms with Gasteiger partial charge in [0.15, 0.2) is 0 Å². The van der Waals surface area contributed by atoms with Crippen molar-refractivity contribution >= 4 is 21.6 Å². The standard InChI is InChI=1S/C11H10N2O4S/c1-6-5-8(18(15,16)17)3-4-9(6)10-7(2)12-13-11(10)14/h3-5H,1-2H3,(H,15,16,17). The number of carbonyl (C=O) groups is 1. The summed E-state index contributed by atoms with van der Waals surface area (Å²) in [6, 6.07) is 4.01. The van der Waals surface area contributed by atoms with Gasteiger partial charge in [-0.2, -0.15) is 13.5 Å². The van der Waals surface area contributed by atoms with Crippen LogP contribution in [0.1, 0.15) is 18.1 Å². The smallest absolute Gasteiger partial charge is 0.282 e. The predicted octanol–water partition coefficient (Wildman–Crippen LogP) is 1.97. The van der Waals surface area contributed by atoms with Crippen molar-refractivity contribution in [3.05, 3.63) is 35.0 Å². The zero-order chi connectivity index (χ0) is 13.5. The minimum atomic E-state index is -4.24. The molecule has 1 amide bonds. The third kappa shape index (κ3) is 2.09. The molecule has 0 spiro atoms. The van der Waals surface area contributed by atoms with E-state index in [1.165, 1.54) is 18.2 Å². The molecule has 0 fully saturated rings. The lowest BCUT2D eigenvalue weighted by Crippen LogP contribution is -2.02. The Labute approximate surface area is 104 Å². The van der Waals surface area contributed by atoms with Crippen molar-refractivity contribution in [2.45, 2.75) is 18.7 Å². The largest absolute Gasteiger partial charge is 0.297 e. The Bertz CT molecular complexity index is 702. The van der Waals surface area contributed by atoms with Gasteiger partial charge in [0, 0.05) is 0 Å². The van der Waals surface area contributed by atoms with Crippen LogP contribution < -0.4 is 0 Å². The summed E-state index contributed by atoms with van der Waals surface area (Å²) >= 11 is 0. The molecule has 18 heavy (non-hydrogen) atoms. The number of allylic oxidation sites excluding steroid dienone is 1. The van der Waals surface area contributed by atoms with Gasteiger partial charge in [-0.25, -0.2) is 0 Å². The number of amides is 1. The van der Waals surface area contributed by atoms with Crippen LogP contribution in [0.3, 0.4) is 0 Å². The van der Waals surface area contributed by atoms with Gasteiger partial charge in [-0.15, -0.1) is 5.11 Å². The van der Waals surface area contributed by atoms with Gasteiger partial charge < -0.3 is 0 Å². The van der Waals surface area contributed by atoms with Crippen molar-refractivity contribution in [1.82, 2.24) is 0 Å². The number of aryl methyl sites for hydroxylation is 1. The molecule has 1 aromatic carbocycles. The monoisotopic (exact) mass is 266 g/mol. The van der Waals surface area contributed by atoms with Crippen molar-refractivity contribution in [1.29, 1.82) is 0 Å². The van der Waals surface area contributed by atoms with E-state index in [9.17, 15) is 13.2 Å². The summed E-state index contributed by atoms with van der Waals surface area (Å²) in [5.41, 5.74) is 1.96. The molecule has 0 saturated carbocycles. The van der Waals surface area contributed by atoms with E-state index in [4.69, 9.17) is 4.55 Å². The van der Waals surface area contributed by atoms with Gasteiger partial charge in [0.05, 0.1) is 16.2 Å². The highest BCUT2D eigenvalue weighted by Gasteiger charge is 2.22. The van der Waals surface area contributed by atoms with Crippen molar-refractivity contribution in [3.8, 4) is 0 Å². The highest BCUT2D eigenvalue weighted by molar-refractivity contribution is 7.85. The zero-order valence-corrected chi connectivity index (χ0v) is 10.5. The molecule has 1 aromatic rings. The molecule has 0 radical (unpaired) electrons. The molecule has 1 heterocycles. The Morgan fingerprint density at radius 2 is 1.83 bits per heavy atom. The first-order valence-electron chi connectivity index (χ1n) is 5.06. The van der Waals surface area contributed by atoms with Gasteiger partial charge in [0.2, 0.25) is 0 Å². The summed E-state index contributed by atoms with van der Waals surface area (Å²) in [6.45, 7) is 3.30. The predicted molar refractivity (Wildman–Crippen MR) is 63.5 cm³/mol. The van der Waals surface area contributed by atoms with E-state index in [0.29, 0.717) is 22.4 Å². The van der Waals surface area contributed by atoms with Gasteiger partial charge in [-0.3, -0.25) is 9.35 Å². The molecule has 1 aliphatic rings. The van der Waals surface area contributed by atoms with Gasteiger partial charge in [0.1, 0.15) is 0 Å². The minimum Gasteiger partial charge on any atom is -0.282 e. The van der Waals surface area contributed by atoms with Crippen molar-refractivity contribution in [3.63, 3.8) is 0 Å². The van der Waals surface area contributed by atoms with E-state index in [1.807, 2.05) is 0 Å². The number of carbonyl (C=O) groups excluding carboxylic acids is 1. The van der Waals surface area contributed by atoms with Crippen LogP contribution in [0.15, 0.2) is 39.0 Å². The van der Waals surface area contributed by atoms with E-state index in [2.05, 4.69) is 10.2 Å². The molecule has 0 bridgehead atoms. The van der Waals surface area contributed by atoms with Gasteiger partial charge in [0.25, 0.3) is 16.0 Å². The maximum Gasteiger partial charge on any atom is 0.297 e. The van der Waals surface area contributed by atoms with Crippen LogP contribution in [-0.2, 0) is 14.9 Å². The first-order valence-corrected chi connectivity index (χ1v) is 6.50. The van der Waals surface area contributed by atoms with Crippen molar-refractivity contribution < 1.29 is 17.8 Å². The van der Waals surface area contributed by atoms with Crippen molar-refractivity contribution in [2.24, 2.45) is 10.2 Å². The number of nitrogens with zero attached hydrogens (tertiary/aromatic N) is 2. The number of benzene rings is 1. The summed E-state index contributed by atoms with van der Waals surface area (Å²) in [6.07, 6.45) is 0. The Morgan fingerprint density at radius 3 is 2.28 bits per heavy atom. The first kappa shape index (κ1) is 12.6. The summed E-state index contributed by atoms with van der Waals surface area (Å²) in [5.74, 6) is -0.449. The van der Waals surface area contributed by atoms with Crippen LogP contribution >= 0.6 is 0 Å². The highest BCUT2D eigenvalue weighted by atomic mass is 32.2. The number of hydrogen-bond acceptors (Lipinski definition) is 4. The van der Waals surface area contributed by atoms with E-state index in [1.54, 1.807) is 13.8 Å². The lowest BCUT2D eigenvalue weighted by atomic mass is 9.99. The summed E-state index contributed by atoms with van der Waals surface area (Å²) in [4.78, 5) is 11.3. The average molecular weight is 266 g/mol. The summed E-state index contributed by atoms with van der Waals surface area (Å²) in [5, 5.41) is 7.11. The highest BCUT2D eigenvalue weighted by Crippen LogP contribution is 2.29. The van der Waals surface area contributed by atoms with Crippen molar-refractivity contribution in [2.75, 3.05) is 0 Å². The number of rotatable bonds is 2. The first-order chi connectivity index (χ1) is 8.30. The third-order valence-electron chi connectivity index (χ3n) is 2.63. The molecule has 2 rings (SSSR count). The molecule has 1 N–H and O–H groups in total. The van der Waals surface area contributed by atoms with E-state index >= 15 is 0 Å². The molecular formula is C11H10N2O4S. The lowest BCUT2D eigenvalue weighted by Gasteiger charge is -2.07. The number of hydrogen-bond donors (Lipinski definition) is 1. The quantitative estimate of drug-likeness (QED) is 0.827. The topological polar surface area (TPSA) is 96.2 Å².